The molecule has 1 atom stereocenters. The number of anilines is 1. The van der Waals surface area contributed by atoms with Crippen LogP contribution in [0.5, 0.6) is 0 Å². The first-order valence-corrected chi connectivity index (χ1v) is 8.42. The quantitative estimate of drug-likeness (QED) is 0.828. The monoisotopic (exact) mass is 336 g/mol. The van der Waals surface area contributed by atoms with E-state index in [1.54, 1.807) is 12.1 Å². The third kappa shape index (κ3) is 3.85. The Morgan fingerprint density at radius 1 is 1.39 bits per heavy atom. The molecule has 1 aromatic carbocycles. The molecule has 0 saturated heterocycles. The predicted octanol–water partition coefficient (Wildman–Crippen LogP) is 1.88. The molecule has 0 aromatic heterocycles. The van der Waals surface area contributed by atoms with Gasteiger partial charge in [0.05, 0.1) is 11.4 Å². The molecule has 0 aliphatic carbocycles. The normalized spacial score (nSPS) is 16.4. The molecular formula is C16H20N2O4S. The van der Waals surface area contributed by atoms with Gasteiger partial charge in [-0.15, -0.1) is 11.8 Å². The van der Waals surface area contributed by atoms with E-state index >= 15 is 0 Å². The number of rotatable bonds is 6. The minimum absolute atomic E-state index is 0.156. The zero-order valence-electron chi connectivity index (χ0n) is 13.2. The van der Waals surface area contributed by atoms with Gasteiger partial charge in [0, 0.05) is 4.90 Å². The number of carboxylic acid groups (broad SMARTS) is 1. The van der Waals surface area contributed by atoms with E-state index in [-0.39, 0.29) is 18.2 Å². The molecule has 23 heavy (non-hydrogen) atoms. The summed E-state index contributed by atoms with van der Waals surface area (Å²) in [6.07, 6.45) is 0.958. The summed E-state index contributed by atoms with van der Waals surface area (Å²) in [7, 11) is 0. The van der Waals surface area contributed by atoms with Gasteiger partial charge in [-0.2, -0.15) is 0 Å². The van der Waals surface area contributed by atoms with E-state index in [0.29, 0.717) is 18.5 Å². The number of carboxylic acids is 1. The molecule has 2 N–H and O–H groups in total. The van der Waals surface area contributed by atoms with Gasteiger partial charge in [-0.1, -0.05) is 25.5 Å². The molecule has 1 aromatic rings. The number of thioether (sulfide) groups is 1. The smallest absolute Gasteiger partial charge is 0.329 e. The van der Waals surface area contributed by atoms with E-state index in [1.807, 2.05) is 19.1 Å². The summed E-state index contributed by atoms with van der Waals surface area (Å²) >= 11 is 1.44. The number of hydrogen-bond donors (Lipinski definition) is 2. The summed E-state index contributed by atoms with van der Waals surface area (Å²) in [4.78, 5) is 38.2. The van der Waals surface area contributed by atoms with E-state index in [9.17, 15) is 19.5 Å². The van der Waals surface area contributed by atoms with E-state index in [1.165, 1.54) is 23.6 Å². The molecule has 1 unspecified atom stereocenters. The number of carbonyl (C=O) groups is 3. The number of aliphatic carboxylic acids is 1. The van der Waals surface area contributed by atoms with Crippen molar-refractivity contribution < 1.29 is 19.5 Å². The lowest BCUT2D eigenvalue weighted by molar-refractivity contribution is -0.147. The van der Waals surface area contributed by atoms with Crippen molar-refractivity contribution in [2.75, 3.05) is 17.2 Å². The Morgan fingerprint density at radius 3 is 2.74 bits per heavy atom. The molecule has 0 saturated carbocycles. The largest absolute Gasteiger partial charge is 0.480 e. The third-order valence-electron chi connectivity index (χ3n) is 3.75. The van der Waals surface area contributed by atoms with Crippen molar-refractivity contribution in [3.8, 4) is 0 Å². The fourth-order valence-electron chi connectivity index (χ4n) is 2.54. The zero-order valence-corrected chi connectivity index (χ0v) is 14.0. The summed E-state index contributed by atoms with van der Waals surface area (Å²) in [5, 5.41) is 11.9. The van der Waals surface area contributed by atoms with Gasteiger partial charge < -0.3 is 15.3 Å². The van der Waals surface area contributed by atoms with Crippen molar-refractivity contribution in [1.82, 2.24) is 5.32 Å². The highest BCUT2D eigenvalue weighted by atomic mass is 32.2. The summed E-state index contributed by atoms with van der Waals surface area (Å²) < 4.78 is 0. The maximum Gasteiger partial charge on any atom is 0.329 e. The SMILES string of the molecule is CCCC(C)(NC(=O)CN1C(=O)CSc2ccccc21)C(=O)O. The molecule has 1 heterocycles. The van der Waals surface area contributed by atoms with Crippen molar-refractivity contribution in [1.29, 1.82) is 0 Å². The molecular weight excluding hydrogens is 316 g/mol. The summed E-state index contributed by atoms with van der Waals surface area (Å²) in [6.45, 7) is 3.16. The average molecular weight is 336 g/mol. The van der Waals surface area contributed by atoms with Crippen molar-refractivity contribution >= 4 is 35.2 Å². The predicted molar refractivity (Wildman–Crippen MR) is 88.6 cm³/mol. The Labute approximate surface area is 139 Å². The maximum atomic E-state index is 12.3. The summed E-state index contributed by atoms with van der Waals surface area (Å²) in [5.41, 5.74) is -0.629. The van der Waals surface area contributed by atoms with Gasteiger partial charge >= 0.3 is 5.97 Å². The lowest BCUT2D eigenvalue weighted by atomic mass is 9.96. The lowest BCUT2D eigenvalue weighted by Gasteiger charge is -2.31. The highest BCUT2D eigenvalue weighted by molar-refractivity contribution is 8.00. The lowest BCUT2D eigenvalue weighted by Crippen LogP contribution is -2.55. The number of carbonyl (C=O) groups excluding carboxylic acids is 2. The standard InChI is InChI=1S/C16H20N2O4S/c1-3-8-16(2,15(21)22)17-13(19)9-18-11-6-4-5-7-12(11)23-10-14(18)20/h4-7H,3,8-10H2,1-2H3,(H,17,19)(H,21,22). The summed E-state index contributed by atoms with van der Waals surface area (Å²) in [6, 6.07) is 7.37. The first-order chi connectivity index (χ1) is 10.9. The van der Waals surface area contributed by atoms with E-state index in [0.717, 1.165) is 4.90 Å². The molecule has 124 valence electrons. The zero-order chi connectivity index (χ0) is 17.0. The molecule has 2 rings (SSSR count). The number of fused-ring (bicyclic) bond motifs is 1. The van der Waals surface area contributed by atoms with E-state index < -0.39 is 17.4 Å². The van der Waals surface area contributed by atoms with Crippen molar-refractivity contribution in [2.24, 2.45) is 0 Å². The van der Waals surface area contributed by atoms with Crippen LogP contribution in [0.4, 0.5) is 5.69 Å². The molecule has 2 amide bonds. The van der Waals surface area contributed by atoms with Crippen LogP contribution in [-0.4, -0.2) is 40.7 Å². The fourth-order valence-corrected chi connectivity index (χ4v) is 3.48. The van der Waals surface area contributed by atoms with Crippen molar-refractivity contribution in [3.05, 3.63) is 24.3 Å². The summed E-state index contributed by atoms with van der Waals surface area (Å²) in [5.74, 6) is -1.43. The van der Waals surface area contributed by atoms with Gasteiger partial charge in [-0.05, 0) is 25.5 Å². The van der Waals surface area contributed by atoms with Crippen LogP contribution in [0.15, 0.2) is 29.2 Å². The molecule has 1 aliphatic rings. The van der Waals surface area contributed by atoms with Crippen LogP contribution in [-0.2, 0) is 14.4 Å². The third-order valence-corrected chi connectivity index (χ3v) is 4.79. The van der Waals surface area contributed by atoms with Gasteiger partial charge in [0.15, 0.2) is 0 Å². The fraction of sp³-hybridized carbons (Fsp3) is 0.438. The molecule has 6 nitrogen and oxygen atoms in total. The van der Waals surface area contributed by atoms with Crippen LogP contribution in [0.1, 0.15) is 26.7 Å². The van der Waals surface area contributed by atoms with Crippen LogP contribution in [0.3, 0.4) is 0 Å². The second-order valence-corrected chi connectivity index (χ2v) is 6.69. The van der Waals surface area contributed by atoms with E-state index in [4.69, 9.17) is 0 Å². The van der Waals surface area contributed by atoms with Gasteiger partial charge in [-0.3, -0.25) is 9.59 Å². The Bertz CT molecular complexity index is 634. The number of amides is 2. The first kappa shape index (κ1) is 17.3. The maximum absolute atomic E-state index is 12.3. The van der Waals surface area contributed by atoms with E-state index in [2.05, 4.69) is 5.32 Å². The Morgan fingerprint density at radius 2 is 2.09 bits per heavy atom. The number of hydrogen-bond acceptors (Lipinski definition) is 4. The Balaban J connectivity index is 2.14. The minimum Gasteiger partial charge on any atom is -0.480 e. The molecule has 0 radical (unpaired) electrons. The topological polar surface area (TPSA) is 86.7 Å². The number of nitrogens with zero attached hydrogens (tertiary/aromatic N) is 1. The van der Waals surface area contributed by atoms with Crippen LogP contribution in [0.25, 0.3) is 0 Å². The molecule has 0 spiro atoms. The number of benzene rings is 1. The van der Waals surface area contributed by atoms with Crippen molar-refractivity contribution in [2.45, 2.75) is 37.1 Å². The molecule has 7 heteroatoms. The Hall–Kier alpha value is -2.02. The number of nitrogens with one attached hydrogen (secondary N) is 1. The second kappa shape index (κ2) is 7.04. The molecule has 0 bridgehead atoms. The van der Waals surface area contributed by atoms with Crippen LogP contribution in [0, 0.1) is 0 Å². The highest BCUT2D eigenvalue weighted by Gasteiger charge is 2.35. The molecule has 1 aliphatic heterocycles. The van der Waals surface area contributed by atoms with Crippen LogP contribution >= 0.6 is 11.8 Å². The van der Waals surface area contributed by atoms with Gasteiger partial charge in [0.1, 0.15) is 12.1 Å². The molecule has 0 fully saturated rings. The van der Waals surface area contributed by atoms with Gasteiger partial charge in [0.2, 0.25) is 11.8 Å². The minimum atomic E-state index is -1.32. The van der Waals surface area contributed by atoms with Crippen LogP contribution < -0.4 is 10.2 Å². The Kier molecular flexibility index (Phi) is 5.30. The second-order valence-electron chi connectivity index (χ2n) is 5.67. The highest BCUT2D eigenvalue weighted by Crippen LogP contribution is 2.34. The first-order valence-electron chi connectivity index (χ1n) is 7.44. The van der Waals surface area contributed by atoms with Gasteiger partial charge in [0.25, 0.3) is 0 Å². The average Bonchev–Trinajstić information content (AvgIpc) is 2.50. The van der Waals surface area contributed by atoms with Crippen molar-refractivity contribution in [3.63, 3.8) is 0 Å². The number of para-hydroxylation sites is 1. The van der Waals surface area contributed by atoms with Gasteiger partial charge in [-0.25, -0.2) is 4.79 Å². The van der Waals surface area contributed by atoms with Crippen LogP contribution in [0.2, 0.25) is 0 Å².